The molecule has 0 saturated carbocycles. The number of rotatable bonds is 6. The Morgan fingerprint density at radius 1 is 1.44 bits per heavy atom. The Hall–Kier alpha value is -1.13. The van der Waals surface area contributed by atoms with E-state index in [2.05, 4.69) is 14.9 Å². The number of nitrogens with zero attached hydrogens (tertiary/aromatic N) is 1. The minimum Gasteiger partial charge on any atom is -0.326 e. The first-order chi connectivity index (χ1) is 8.26. The zero-order valence-electron chi connectivity index (χ0n) is 9.29. The van der Waals surface area contributed by atoms with Crippen LogP contribution in [0.25, 0.3) is 0 Å². The van der Waals surface area contributed by atoms with Crippen LogP contribution in [-0.2, 0) is 16.6 Å². The number of hydrogen-bond donors (Lipinski definition) is 3. The van der Waals surface area contributed by atoms with Gasteiger partial charge in [0.25, 0.3) is 10.0 Å². The second-order valence-electron chi connectivity index (χ2n) is 3.54. The van der Waals surface area contributed by atoms with Crippen molar-refractivity contribution in [2.24, 2.45) is 5.73 Å². The molecule has 0 aromatic carbocycles. The van der Waals surface area contributed by atoms with Gasteiger partial charge in [0.05, 0.1) is 6.20 Å². The summed E-state index contributed by atoms with van der Waals surface area (Å²) in [6.45, 7) is -0.333. The van der Waals surface area contributed by atoms with Crippen LogP contribution in [0.4, 0.5) is 13.2 Å². The number of H-pyrrole nitrogens is 1. The Bertz CT molecular complexity index is 483. The monoisotopic (exact) mass is 286 g/mol. The lowest BCUT2D eigenvalue weighted by molar-refractivity contribution is -0.135. The average molecular weight is 286 g/mol. The third-order valence-electron chi connectivity index (χ3n) is 2.10. The van der Waals surface area contributed by atoms with E-state index < -0.39 is 22.6 Å². The molecular formula is C8H13F3N4O2S. The zero-order chi connectivity index (χ0) is 13.8. The molecule has 1 aromatic heterocycles. The number of nitrogens with two attached hydrogens (primary N) is 1. The number of aromatic amines is 1. The number of aromatic nitrogens is 2. The van der Waals surface area contributed by atoms with Gasteiger partial charge in [-0.2, -0.15) is 18.3 Å². The van der Waals surface area contributed by atoms with Gasteiger partial charge in [-0.15, -0.1) is 0 Å². The molecule has 1 heterocycles. The fourth-order valence-electron chi connectivity index (χ4n) is 1.24. The van der Waals surface area contributed by atoms with Gasteiger partial charge in [0, 0.05) is 25.1 Å². The number of alkyl halides is 3. The predicted molar refractivity (Wildman–Crippen MR) is 57.0 cm³/mol. The number of hydrogen-bond acceptors (Lipinski definition) is 4. The molecule has 1 aromatic rings. The minimum absolute atomic E-state index is 0.0324. The molecular weight excluding hydrogens is 273 g/mol. The standard InChI is InChI=1S/C8H13F3N4O2S/c9-8(10,11)2-1-3-14-18(16,17)7-6(4-12)5-13-15-7/h5,14H,1-4,12H2,(H,13,15). The SMILES string of the molecule is NCc1cn[nH]c1S(=O)(=O)NCCCC(F)(F)F. The van der Waals surface area contributed by atoms with Crippen molar-refractivity contribution in [3.05, 3.63) is 11.8 Å². The molecule has 0 saturated heterocycles. The molecule has 0 amide bonds. The highest BCUT2D eigenvalue weighted by Crippen LogP contribution is 2.21. The summed E-state index contributed by atoms with van der Waals surface area (Å²) < 4.78 is 61.0. The molecule has 0 aliphatic rings. The normalized spacial score (nSPS) is 12.9. The molecule has 104 valence electrons. The van der Waals surface area contributed by atoms with Crippen molar-refractivity contribution >= 4 is 10.0 Å². The van der Waals surface area contributed by atoms with Crippen LogP contribution in [0.1, 0.15) is 18.4 Å². The van der Waals surface area contributed by atoms with Crippen LogP contribution in [0.5, 0.6) is 0 Å². The summed E-state index contributed by atoms with van der Waals surface area (Å²) in [5, 5.41) is 5.56. The summed E-state index contributed by atoms with van der Waals surface area (Å²) in [5.41, 5.74) is 5.58. The summed E-state index contributed by atoms with van der Waals surface area (Å²) in [6, 6.07) is 0. The van der Waals surface area contributed by atoms with Crippen molar-refractivity contribution < 1.29 is 21.6 Å². The third-order valence-corrected chi connectivity index (χ3v) is 3.57. The van der Waals surface area contributed by atoms with Crippen LogP contribution in [0.2, 0.25) is 0 Å². The molecule has 10 heteroatoms. The molecule has 0 aliphatic heterocycles. The van der Waals surface area contributed by atoms with Crippen molar-refractivity contribution in [3.63, 3.8) is 0 Å². The first-order valence-electron chi connectivity index (χ1n) is 5.05. The minimum atomic E-state index is -4.29. The Kier molecular flexibility index (Phi) is 4.71. The molecule has 18 heavy (non-hydrogen) atoms. The highest BCUT2D eigenvalue weighted by molar-refractivity contribution is 7.89. The van der Waals surface area contributed by atoms with Crippen LogP contribution in [0.15, 0.2) is 11.2 Å². The smallest absolute Gasteiger partial charge is 0.326 e. The van der Waals surface area contributed by atoms with E-state index in [1.165, 1.54) is 6.20 Å². The van der Waals surface area contributed by atoms with E-state index >= 15 is 0 Å². The molecule has 0 aliphatic carbocycles. The van der Waals surface area contributed by atoms with E-state index in [-0.39, 0.29) is 30.1 Å². The molecule has 4 N–H and O–H groups in total. The van der Waals surface area contributed by atoms with Gasteiger partial charge in [-0.1, -0.05) is 0 Å². The highest BCUT2D eigenvalue weighted by Gasteiger charge is 2.27. The zero-order valence-corrected chi connectivity index (χ0v) is 10.1. The van der Waals surface area contributed by atoms with Gasteiger partial charge >= 0.3 is 6.18 Å². The lowest BCUT2D eigenvalue weighted by atomic mass is 10.3. The fraction of sp³-hybridized carbons (Fsp3) is 0.625. The van der Waals surface area contributed by atoms with E-state index in [9.17, 15) is 21.6 Å². The molecule has 0 radical (unpaired) electrons. The second-order valence-corrected chi connectivity index (χ2v) is 5.25. The van der Waals surface area contributed by atoms with E-state index in [0.717, 1.165) is 0 Å². The van der Waals surface area contributed by atoms with Crippen molar-refractivity contribution in [3.8, 4) is 0 Å². The molecule has 0 fully saturated rings. The maximum absolute atomic E-state index is 11.9. The molecule has 0 atom stereocenters. The molecule has 1 rings (SSSR count). The van der Waals surface area contributed by atoms with Crippen LogP contribution < -0.4 is 10.5 Å². The van der Waals surface area contributed by atoms with E-state index in [4.69, 9.17) is 5.73 Å². The van der Waals surface area contributed by atoms with Crippen molar-refractivity contribution in [1.82, 2.24) is 14.9 Å². The van der Waals surface area contributed by atoms with Gasteiger partial charge in [0.2, 0.25) is 0 Å². The quantitative estimate of drug-likeness (QED) is 0.662. The topological polar surface area (TPSA) is 101 Å². The summed E-state index contributed by atoms with van der Waals surface area (Å²) in [7, 11) is -3.89. The highest BCUT2D eigenvalue weighted by atomic mass is 32.2. The first kappa shape index (κ1) is 14.9. The maximum atomic E-state index is 11.9. The van der Waals surface area contributed by atoms with Gasteiger partial charge in [-0.3, -0.25) is 5.10 Å². The van der Waals surface area contributed by atoms with E-state index in [0.29, 0.717) is 0 Å². The van der Waals surface area contributed by atoms with Gasteiger partial charge in [-0.05, 0) is 6.42 Å². The second kappa shape index (κ2) is 5.67. The lowest BCUT2D eigenvalue weighted by Gasteiger charge is -2.08. The molecule has 6 nitrogen and oxygen atoms in total. The van der Waals surface area contributed by atoms with Crippen LogP contribution in [-0.4, -0.2) is 31.3 Å². The molecule has 0 spiro atoms. The number of sulfonamides is 1. The van der Waals surface area contributed by atoms with Gasteiger partial charge in [0.1, 0.15) is 0 Å². The third kappa shape index (κ3) is 4.27. The Balaban J connectivity index is 2.56. The lowest BCUT2D eigenvalue weighted by Crippen LogP contribution is -2.27. The summed E-state index contributed by atoms with van der Waals surface area (Å²) in [6.07, 6.45) is -4.40. The molecule has 0 bridgehead atoms. The van der Waals surface area contributed by atoms with E-state index in [1.807, 2.05) is 0 Å². The summed E-state index contributed by atoms with van der Waals surface area (Å²) in [4.78, 5) is 0. The van der Waals surface area contributed by atoms with E-state index in [1.54, 1.807) is 0 Å². The fourth-order valence-corrected chi connectivity index (χ4v) is 2.46. The van der Waals surface area contributed by atoms with Crippen LogP contribution in [0, 0.1) is 0 Å². The Labute approximate surface area is 102 Å². The predicted octanol–water partition coefficient (Wildman–Crippen LogP) is 0.489. The Morgan fingerprint density at radius 3 is 2.67 bits per heavy atom. The summed E-state index contributed by atoms with van der Waals surface area (Å²) in [5.74, 6) is 0. The van der Waals surface area contributed by atoms with Crippen molar-refractivity contribution in [1.29, 1.82) is 0 Å². The van der Waals surface area contributed by atoms with Gasteiger partial charge in [-0.25, -0.2) is 13.1 Å². The van der Waals surface area contributed by atoms with Crippen LogP contribution in [0.3, 0.4) is 0 Å². The van der Waals surface area contributed by atoms with Crippen LogP contribution >= 0.6 is 0 Å². The van der Waals surface area contributed by atoms with Crippen molar-refractivity contribution in [2.75, 3.05) is 6.54 Å². The van der Waals surface area contributed by atoms with Gasteiger partial charge in [0.15, 0.2) is 5.03 Å². The number of nitrogens with one attached hydrogen (secondary N) is 2. The average Bonchev–Trinajstić information content (AvgIpc) is 2.72. The first-order valence-corrected chi connectivity index (χ1v) is 6.53. The van der Waals surface area contributed by atoms with Crippen molar-refractivity contribution in [2.45, 2.75) is 30.6 Å². The number of halogens is 3. The maximum Gasteiger partial charge on any atom is 0.389 e. The Morgan fingerprint density at radius 2 is 2.11 bits per heavy atom. The largest absolute Gasteiger partial charge is 0.389 e. The summed E-state index contributed by atoms with van der Waals surface area (Å²) >= 11 is 0. The van der Waals surface area contributed by atoms with Gasteiger partial charge < -0.3 is 5.73 Å². The molecule has 0 unspecified atom stereocenters.